The van der Waals surface area contributed by atoms with Gasteiger partial charge < -0.3 is 5.73 Å². The highest BCUT2D eigenvalue weighted by Crippen LogP contribution is 2.20. The quantitative estimate of drug-likeness (QED) is 0.633. The molecule has 1 aromatic heterocycles. The third kappa shape index (κ3) is 2.95. The van der Waals surface area contributed by atoms with Crippen LogP contribution >= 0.6 is 11.8 Å². The lowest BCUT2D eigenvalue weighted by atomic mass is 10.2. The van der Waals surface area contributed by atoms with Gasteiger partial charge in [0.15, 0.2) is 0 Å². The second-order valence-electron chi connectivity index (χ2n) is 3.03. The van der Waals surface area contributed by atoms with E-state index in [1.807, 2.05) is 24.3 Å². The molecule has 2 rings (SSSR count). The molecule has 2 aromatic rings. The fourth-order valence-electron chi connectivity index (χ4n) is 1.17. The fourth-order valence-corrected chi connectivity index (χ4v) is 1.99. The first-order valence-corrected chi connectivity index (χ1v) is 5.58. The van der Waals surface area contributed by atoms with Crippen molar-refractivity contribution in [3.63, 3.8) is 0 Å². The van der Waals surface area contributed by atoms with E-state index in [1.165, 1.54) is 5.56 Å². The molecule has 4 heteroatoms. The maximum absolute atomic E-state index is 5.49. The second kappa shape index (κ2) is 4.79. The van der Waals surface area contributed by atoms with Crippen molar-refractivity contribution in [2.75, 3.05) is 5.73 Å². The van der Waals surface area contributed by atoms with Gasteiger partial charge in [-0.2, -0.15) is 0 Å². The molecule has 0 saturated heterocycles. The van der Waals surface area contributed by atoms with E-state index in [2.05, 4.69) is 22.1 Å². The largest absolute Gasteiger partial charge is 0.368 e. The number of rotatable bonds is 3. The summed E-state index contributed by atoms with van der Waals surface area (Å²) in [7, 11) is 0. The van der Waals surface area contributed by atoms with Gasteiger partial charge in [0.25, 0.3) is 0 Å². The molecule has 3 nitrogen and oxygen atoms in total. The Hall–Kier alpha value is -1.55. The van der Waals surface area contributed by atoms with Gasteiger partial charge in [0, 0.05) is 11.9 Å². The van der Waals surface area contributed by atoms with Gasteiger partial charge in [0.2, 0.25) is 5.95 Å². The van der Waals surface area contributed by atoms with Gasteiger partial charge in [0.1, 0.15) is 5.03 Å². The molecule has 0 atom stereocenters. The lowest BCUT2D eigenvalue weighted by Crippen LogP contribution is -1.94. The summed E-state index contributed by atoms with van der Waals surface area (Å²) in [6.45, 7) is 0. The summed E-state index contributed by atoms with van der Waals surface area (Å²) >= 11 is 1.66. The van der Waals surface area contributed by atoms with Crippen molar-refractivity contribution in [2.24, 2.45) is 0 Å². The van der Waals surface area contributed by atoms with Crippen LogP contribution in [0.1, 0.15) is 5.56 Å². The summed E-state index contributed by atoms with van der Waals surface area (Å²) < 4.78 is 0. The van der Waals surface area contributed by atoms with E-state index in [0.717, 1.165) is 10.8 Å². The lowest BCUT2D eigenvalue weighted by Gasteiger charge is -2.01. The monoisotopic (exact) mass is 217 g/mol. The van der Waals surface area contributed by atoms with Crippen LogP contribution in [0, 0.1) is 0 Å². The molecule has 15 heavy (non-hydrogen) atoms. The molecule has 0 aliphatic carbocycles. The lowest BCUT2D eigenvalue weighted by molar-refractivity contribution is 1.06. The highest BCUT2D eigenvalue weighted by atomic mass is 32.2. The van der Waals surface area contributed by atoms with Crippen LogP contribution in [0.4, 0.5) is 5.95 Å². The Morgan fingerprint density at radius 3 is 2.67 bits per heavy atom. The van der Waals surface area contributed by atoms with Gasteiger partial charge in [-0.25, -0.2) is 9.97 Å². The average molecular weight is 217 g/mol. The number of nitrogen functional groups attached to an aromatic ring is 1. The van der Waals surface area contributed by atoms with Gasteiger partial charge in [-0.3, -0.25) is 0 Å². The van der Waals surface area contributed by atoms with E-state index in [9.17, 15) is 0 Å². The molecule has 0 fully saturated rings. The minimum atomic E-state index is 0.327. The molecule has 1 heterocycles. The summed E-state index contributed by atoms with van der Waals surface area (Å²) in [6, 6.07) is 12.1. The first kappa shape index (κ1) is 9.98. The molecule has 0 unspecified atom stereocenters. The molecule has 1 aromatic carbocycles. The zero-order chi connectivity index (χ0) is 10.5. The Kier molecular flexibility index (Phi) is 3.19. The first-order chi connectivity index (χ1) is 7.34. The number of aromatic nitrogens is 2. The Morgan fingerprint density at radius 2 is 1.93 bits per heavy atom. The second-order valence-corrected chi connectivity index (χ2v) is 4.02. The molecule has 0 aliphatic heterocycles. The third-order valence-corrected chi connectivity index (χ3v) is 2.88. The van der Waals surface area contributed by atoms with Crippen LogP contribution < -0.4 is 5.73 Å². The minimum Gasteiger partial charge on any atom is -0.368 e. The van der Waals surface area contributed by atoms with Crippen molar-refractivity contribution in [3.05, 3.63) is 48.2 Å². The van der Waals surface area contributed by atoms with Crippen LogP contribution in [-0.4, -0.2) is 9.97 Å². The van der Waals surface area contributed by atoms with E-state index >= 15 is 0 Å². The van der Waals surface area contributed by atoms with Crippen LogP contribution in [0.2, 0.25) is 0 Å². The van der Waals surface area contributed by atoms with Gasteiger partial charge in [-0.15, -0.1) is 11.8 Å². The molecule has 0 aliphatic rings. The smallest absolute Gasteiger partial charge is 0.221 e. The minimum absolute atomic E-state index is 0.327. The zero-order valence-corrected chi connectivity index (χ0v) is 8.95. The maximum Gasteiger partial charge on any atom is 0.221 e. The summed E-state index contributed by atoms with van der Waals surface area (Å²) in [4.78, 5) is 7.97. The van der Waals surface area contributed by atoms with Crippen molar-refractivity contribution >= 4 is 17.7 Å². The van der Waals surface area contributed by atoms with E-state index < -0.39 is 0 Å². The summed E-state index contributed by atoms with van der Waals surface area (Å²) in [5.41, 5.74) is 6.77. The summed E-state index contributed by atoms with van der Waals surface area (Å²) in [6.07, 6.45) is 1.68. The van der Waals surface area contributed by atoms with Crippen LogP contribution in [0.15, 0.2) is 47.6 Å². The maximum atomic E-state index is 5.49. The average Bonchev–Trinajstić information content (AvgIpc) is 2.28. The number of nitrogens with zero attached hydrogens (tertiary/aromatic N) is 2. The molecule has 0 radical (unpaired) electrons. The van der Waals surface area contributed by atoms with Crippen molar-refractivity contribution in [2.45, 2.75) is 10.8 Å². The molecule has 2 N–H and O–H groups in total. The van der Waals surface area contributed by atoms with E-state index in [4.69, 9.17) is 5.73 Å². The van der Waals surface area contributed by atoms with Crippen LogP contribution in [-0.2, 0) is 5.75 Å². The van der Waals surface area contributed by atoms with Crippen molar-refractivity contribution < 1.29 is 0 Å². The Balaban J connectivity index is 1.99. The number of anilines is 1. The summed E-state index contributed by atoms with van der Waals surface area (Å²) in [5, 5.41) is 0.909. The van der Waals surface area contributed by atoms with Crippen molar-refractivity contribution in [3.8, 4) is 0 Å². The van der Waals surface area contributed by atoms with Gasteiger partial charge in [0.05, 0.1) is 0 Å². The van der Waals surface area contributed by atoms with Gasteiger partial charge in [-0.05, 0) is 11.6 Å². The molecule has 76 valence electrons. The first-order valence-electron chi connectivity index (χ1n) is 4.60. The number of nitrogens with two attached hydrogens (primary N) is 1. The zero-order valence-electron chi connectivity index (χ0n) is 8.13. The molecule has 0 bridgehead atoms. The number of thioether (sulfide) groups is 1. The van der Waals surface area contributed by atoms with E-state index in [1.54, 1.807) is 18.0 Å². The summed E-state index contributed by atoms with van der Waals surface area (Å²) in [5.74, 6) is 1.23. The predicted octanol–water partition coefficient (Wildman–Crippen LogP) is 2.35. The molecule has 0 amide bonds. The SMILES string of the molecule is Nc1nccc(SCc2ccccc2)n1. The molecule has 0 saturated carbocycles. The number of hydrogen-bond donors (Lipinski definition) is 1. The van der Waals surface area contributed by atoms with Gasteiger partial charge in [-0.1, -0.05) is 30.3 Å². The fraction of sp³-hybridized carbons (Fsp3) is 0.0909. The normalized spacial score (nSPS) is 10.1. The highest BCUT2D eigenvalue weighted by Gasteiger charge is 1.97. The Labute approximate surface area is 92.8 Å². The topological polar surface area (TPSA) is 51.8 Å². The number of benzene rings is 1. The van der Waals surface area contributed by atoms with E-state index in [-0.39, 0.29) is 0 Å². The molecule has 0 spiro atoms. The standard InChI is InChI=1S/C11H11N3S/c12-11-13-7-6-10(14-11)15-8-9-4-2-1-3-5-9/h1-7H,8H2,(H2,12,13,14). The third-order valence-electron chi connectivity index (χ3n) is 1.88. The Bertz CT molecular complexity index is 431. The number of hydrogen-bond acceptors (Lipinski definition) is 4. The molecular weight excluding hydrogens is 206 g/mol. The highest BCUT2D eigenvalue weighted by molar-refractivity contribution is 7.98. The predicted molar refractivity (Wildman–Crippen MR) is 62.4 cm³/mol. The molecular formula is C11H11N3S. The van der Waals surface area contributed by atoms with Gasteiger partial charge >= 0.3 is 0 Å². The van der Waals surface area contributed by atoms with Crippen molar-refractivity contribution in [1.82, 2.24) is 9.97 Å². The Morgan fingerprint density at radius 1 is 1.13 bits per heavy atom. The van der Waals surface area contributed by atoms with E-state index in [0.29, 0.717) is 5.95 Å². The van der Waals surface area contributed by atoms with Crippen molar-refractivity contribution in [1.29, 1.82) is 0 Å². The van der Waals surface area contributed by atoms with Crippen LogP contribution in [0.3, 0.4) is 0 Å². The van der Waals surface area contributed by atoms with Crippen LogP contribution in [0.25, 0.3) is 0 Å². The van der Waals surface area contributed by atoms with Crippen LogP contribution in [0.5, 0.6) is 0 Å².